The van der Waals surface area contributed by atoms with Crippen LogP contribution in [0.4, 0.5) is 4.39 Å². The normalized spacial score (nSPS) is 13.3. The van der Waals surface area contributed by atoms with E-state index in [0.29, 0.717) is 19.4 Å². The fourth-order valence-corrected chi connectivity index (χ4v) is 1.90. The summed E-state index contributed by atoms with van der Waals surface area (Å²) < 4.78 is 44.6. The molecule has 5 N–H and O–H groups in total. The van der Waals surface area contributed by atoms with Gasteiger partial charge in [-0.2, -0.15) is 8.42 Å². The number of nitrogens with one attached hydrogen (secondary N) is 1. The van der Waals surface area contributed by atoms with Crippen molar-refractivity contribution in [2.24, 2.45) is 5.73 Å². The number of rotatable bonds is 7. The van der Waals surface area contributed by atoms with Gasteiger partial charge in [-0.05, 0) is 42.3 Å². The molecule has 27 heavy (non-hydrogen) atoms. The molecule has 2 rings (SSSR count). The number of ether oxygens (including phenoxy) is 1. The van der Waals surface area contributed by atoms with Crippen LogP contribution in [0, 0.1) is 5.82 Å². The largest absolute Gasteiger partial charge is 0.489 e. The summed E-state index contributed by atoms with van der Waals surface area (Å²) in [5.41, 5.74) is 7.23. The highest BCUT2D eigenvalue weighted by Gasteiger charge is 2.07. The van der Waals surface area contributed by atoms with Crippen molar-refractivity contribution in [3.63, 3.8) is 0 Å². The van der Waals surface area contributed by atoms with Crippen molar-refractivity contribution < 1.29 is 27.2 Å². The number of nitrogens with two attached hydrogens (primary N) is 1. The Morgan fingerprint density at radius 3 is 2.30 bits per heavy atom. The average Bonchev–Trinajstić information content (AvgIpc) is 2.57. The summed E-state index contributed by atoms with van der Waals surface area (Å²) in [5, 5.41) is 12.3. The molecule has 0 amide bonds. The third-order valence-electron chi connectivity index (χ3n) is 3.36. The third kappa shape index (κ3) is 11.3. The zero-order valence-electron chi connectivity index (χ0n) is 15.2. The van der Waals surface area contributed by atoms with Crippen molar-refractivity contribution in [2.75, 3.05) is 6.26 Å². The van der Waals surface area contributed by atoms with E-state index in [0.717, 1.165) is 16.9 Å². The van der Waals surface area contributed by atoms with Crippen molar-refractivity contribution >= 4 is 10.1 Å². The van der Waals surface area contributed by atoms with Crippen molar-refractivity contribution in [1.82, 2.24) is 5.32 Å². The molecule has 0 radical (unpaired) electrons. The summed E-state index contributed by atoms with van der Waals surface area (Å²) in [6.07, 6.45) is -0.165. The first-order valence-electron chi connectivity index (χ1n) is 8.10. The summed E-state index contributed by atoms with van der Waals surface area (Å²) in [5.74, 6) is 0.457. The predicted octanol–water partition coefficient (Wildman–Crippen LogP) is 1.66. The van der Waals surface area contributed by atoms with Crippen LogP contribution >= 0.6 is 0 Å². The fraction of sp³-hybridized carbons (Fsp3) is 0.333. The third-order valence-corrected chi connectivity index (χ3v) is 3.36. The lowest BCUT2D eigenvalue weighted by molar-refractivity contribution is 0.140. The second-order valence-corrected chi connectivity index (χ2v) is 7.42. The zero-order chi connectivity index (χ0) is 20.4. The molecule has 0 heterocycles. The molecular formula is C18H25FN2O5S. The molecule has 2 atom stereocenters. The van der Waals surface area contributed by atoms with E-state index in [4.69, 9.17) is 15.0 Å². The Balaban J connectivity index is 0.000000646. The predicted molar refractivity (Wildman–Crippen MR) is 101 cm³/mol. The molecule has 0 aliphatic rings. The molecule has 0 aliphatic carbocycles. The van der Waals surface area contributed by atoms with Crippen LogP contribution in [-0.2, 0) is 23.3 Å². The van der Waals surface area contributed by atoms with Crippen LogP contribution < -0.4 is 15.8 Å². The molecule has 2 aromatic rings. The van der Waals surface area contributed by atoms with Crippen molar-refractivity contribution in [1.29, 1.82) is 0 Å². The maximum atomic E-state index is 13.1. The monoisotopic (exact) mass is 400 g/mol. The van der Waals surface area contributed by atoms with Crippen LogP contribution in [0.5, 0.6) is 5.75 Å². The molecule has 0 aliphatic heterocycles. The highest BCUT2D eigenvalue weighted by Crippen LogP contribution is 2.15. The minimum atomic E-state index is -3.67. The van der Waals surface area contributed by atoms with Gasteiger partial charge in [0.25, 0.3) is 10.1 Å². The van der Waals surface area contributed by atoms with E-state index in [1.807, 2.05) is 37.3 Å². The average molecular weight is 400 g/mol. The van der Waals surface area contributed by atoms with Crippen LogP contribution in [0.2, 0.25) is 0 Å². The van der Waals surface area contributed by atoms with E-state index in [2.05, 4.69) is 5.32 Å². The Bertz CT molecular complexity index is 790. The highest BCUT2D eigenvalue weighted by atomic mass is 32.2. The lowest BCUT2D eigenvalue weighted by Crippen LogP contribution is -2.42. The number of aliphatic hydroxyl groups is 1. The Morgan fingerprint density at radius 1 is 1.19 bits per heavy atom. The van der Waals surface area contributed by atoms with Gasteiger partial charge in [0.15, 0.2) is 0 Å². The summed E-state index contributed by atoms with van der Waals surface area (Å²) in [6.45, 7) is 2.76. The Kier molecular flexibility index (Phi) is 9.33. The number of benzene rings is 2. The molecule has 2 aromatic carbocycles. The van der Waals surface area contributed by atoms with E-state index in [1.54, 1.807) is 6.07 Å². The number of halogens is 1. The molecule has 0 saturated heterocycles. The van der Waals surface area contributed by atoms with Gasteiger partial charge in [0, 0.05) is 12.6 Å². The van der Waals surface area contributed by atoms with Gasteiger partial charge in [-0.3, -0.25) is 4.55 Å². The smallest absolute Gasteiger partial charge is 0.261 e. The number of aliphatic hydroxyl groups excluding tert-OH is 1. The molecule has 0 aromatic heterocycles. The van der Waals surface area contributed by atoms with Crippen LogP contribution in [0.25, 0.3) is 0 Å². The lowest BCUT2D eigenvalue weighted by atomic mass is 10.2. The van der Waals surface area contributed by atoms with Gasteiger partial charge in [0.2, 0.25) is 0 Å². The topological polar surface area (TPSA) is 122 Å². The van der Waals surface area contributed by atoms with E-state index in [1.165, 1.54) is 12.1 Å². The van der Waals surface area contributed by atoms with E-state index < -0.39 is 16.3 Å². The lowest BCUT2D eigenvalue weighted by Gasteiger charge is -2.16. The van der Waals surface area contributed by atoms with Crippen molar-refractivity contribution in [3.8, 4) is 5.75 Å². The highest BCUT2D eigenvalue weighted by molar-refractivity contribution is 7.85. The Morgan fingerprint density at radius 2 is 1.78 bits per heavy atom. The zero-order valence-corrected chi connectivity index (χ0v) is 16.0. The summed E-state index contributed by atoms with van der Waals surface area (Å²) in [6, 6.07) is 13.8. The molecule has 0 spiro atoms. The molecule has 9 heteroatoms. The maximum Gasteiger partial charge on any atom is 0.261 e. The van der Waals surface area contributed by atoms with E-state index in [9.17, 15) is 17.9 Å². The Hall–Kier alpha value is -2.04. The summed E-state index contributed by atoms with van der Waals surface area (Å²) in [4.78, 5) is 0. The molecule has 7 nitrogen and oxygen atoms in total. The van der Waals surface area contributed by atoms with E-state index in [-0.39, 0.29) is 11.9 Å². The number of hydrogen-bond donors (Lipinski definition) is 4. The SMILES string of the molecule is CS(=O)(=O)O.C[C@H](NCc1ccc(OCc2cccc(F)c2)cc1)C(N)O. The van der Waals surface area contributed by atoms with Crippen LogP contribution in [0.1, 0.15) is 18.1 Å². The summed E-state index contributed by atoms with van der Waals surface area (Å²) >= 11 is 0. The van der Waals surface area contributed by atoms with Gasteiger partial charge in [-0.1, -0.05) is 24.3 Å². The first kappa shape index (κ1) is 23.0. The molecule has 0 fully saturated rings. The quantitative estimate of drug-likeness (QED) is 0.412. The minimum Gasteiger partial charge on any atom is -0.489 e. The fourth-order valence-electron chi connectivity index (χ4n) is 1.90. The number of hydrogen-bond acceptors (Lipinski definition) is 6. The molecule has 1 unspecified atom stereocenters. The van der Waals surface area contributed by atoms with Gasteiger partial charge in [0.1, 0.15) is 24.4 Å². The summed E-state index contributed by atoms with van der Waals surface area (Å²) in [7, 11) is -3.67. The van der Waals surface area contributed by atoms with Crippen LogP contribution in [-0.4, -0.2) is 36.6 Å². The van der Waals surface area contributed by atoms with E-state index >= 15 is 0 Å². The van der Waals surface area contributed by atoms with Gasteiger partial charge >= 0.3 is 0 Å². The van der Waals surface area contributed by atoms with Crippen LogP contribution in [0.15, 0.2) is 48.5 Å². The molecule has 0 bridgehead atoms. The van der Waals surface area contributed by atoms with Crippen molar-refractivity contribution in [2.45, 2.75) is 32.3 Å². The Labute approximate surface area is 158 Å². The minimum absolute atomic E-state index is 0.177. The van der Waals surface area contributed by atoms with Gasteiger partial charge < -0.3 is 20.9 Å². The molecule has 150 valence electrons. The van der Waals surface area contributed by atoms with Gasteiger partial charge in [-0.25, -0.2) is 4.39 Å². The van der Waals surface area contributed by atoms with Crippen LogP contribution in [0.3, 0.4) is 0 Å². The van der Waals surface area contributed by atoms with Gasteiger partial charge in [-0.15, -0.1) is 0 Å². The molecular weight excluding hydrogens is 375 g/mol. The van der Waals surface area contributed by atoms with Gasteiger partial charge in [0.05, 0.1) is 6.26 Å². The maximum absolute atomic E-state index is 13.1. The second kappa shape index (κ2) is 11.0. The second-order valence-electron chi connectivity index (χ2n) is 5.96. The standard InChI is InChI=1S/C17H21FN2O2.CH4O3S/c1-12(17(19)21)20-10-13-5-7-16(8-6-13)22-11-14-3-2-4-15(18)9-14;1-5(2,3)4/h2-9,12,17,20-21H,10-11,19H2,1H3;1H3,(H,2,3,4)/t12-,17?;/m0./s1. The molecule has 0 saturated carbocycles. The first-order valence-corrected chi connectivity index (χ1v) is 9.95. The van der Waals surface area contributed by atoms with Crippen molar-refractivity contribution in [3.05, 3.63) is 65.5 Å². The first-order chi connectivity index (χ1) is 12.5.